The highest BCUT2D eigenvalue weighted by molar-refractivity contribution is 6.39. The minimum absolute atomic E-state index is 0.000682. The first-order valence-corrected chi connectivity index (χ1v) is 20.5. The van der Waals surface area contributed by atoms with Crippen LogP contribution in [0.15, 0.2) is 77.5 Å². The van der Waals surface area contributed by atoms with Gasteiger partial charge in [-0.25, -0.2) is 4.99 Å². The number of unbranched alkanes of at least 4 members (excludes halogenated alkanes) is 2. The summed E-state index contributed by atoms with van der Waals surface area (Å²) in [4.78, 5) is 52.4. The summed E-state index contributed by atoms with van der Waals surface area (Å²) in [5.74, 6) is 0.105. The van der Waals surface area contributed by atoms with Crippen molar-refractivity contribution in [3.05, 3.63) is 94.7 Å². The van der Waals surface area contributed by atoms with E-state index in [0.717, 1.165) is 88.3 Å². The summed E-state index contributed by atoms with van der Waals surface area (Å²) < 4.78 is 0. The van der Waals surface area contributed by atoms with Gasteiger partial charge in [-0.1, -0.05) is 96.9 Å². The lowest BCUT2D eigenvalue weighted by molar-refractivity contribution is -0.139. The molecule has 1 heterocycles. The molecule has 2 amide bonds. The van der Waals surface area contributed by atoms with Crippen LogP contribution in [0.5, 0.6) is 0 Å². The van der Waals surface area contributed by atoms with Gasteiger partial charge in [-0.15, -0.1) is 0 Å². The third-order valence-corrected chi connectivity index (χ3v) is 10.8. The molecule has 2 aromatic carbocycles. The number of benzene rings is 2. The first-order chi connectivity index (χ1) is 26.3. The summed E-state index contributed by atoms with van der Waals surface area (Å²) in [6, 6.07) is 13.2. The van der Waals surface area contributed by atoms with Crippen LogP contribution in [-0.4, -0.2) is 90.0 Å². The highest BCUT2D eigenvalue weighted by Crippen LogP contribution is 2.29. The van der Waals surface area contributed by atoms with Crippen LogP contribution in [0.3, 0.4) is 0 Å². The van der Waals surface area contributed by atoms with Crippen LogP contribution >= 0.6 is 0 Å². The van der Waals surface area contributed by atoms with E-state index in [-0.39, 0.29) is 40.8 Å². The van der Waals surface area contributed by atoms with Crippen molar-refractivity contribution >= 4 is 34.8 Å². The van der Waals surface area contributed by atoms with Crippen LogP contribution in [0, 0.1) is 12.8 Å². The van der Waals surface area contributed by atoms with Gasteiger partial charge < -0.3 is 20.4 Å². The average Bonchev–Trinajstić information content (AvgIpc) is 3.17. The molecule has 0 aromatic heterocycles. The smallest absolute Gasteiger partial charge is 0.255 e. The lowest BCUT2D eigenvalue weighted by atomic mass is 9.86. The monoisotopic (exact) mass is 751 g/mol. The minimum atomic E-state index is -0.226. The molecule has 2 N–H and O–H groups in total. The van der Waals surface area contributed by atoms with Crippen LogP contribution < -0.4 is 10.6 Å². The van der Waals surface area contributed by atoms with Crippen molar-refractivity contribution in [1.29, 1.82) is 0 Å². The largest absolute Gasteiger partial charge is 0.341 e. The number of likely N-dealkylation sites (N-methyl/N-ethyl adjacent to an activating group) is 1. The van der Waals surface area contributed by atoms with E-state index in [1.165, 1.54) is 12.5 Å². The molecule has 1 aliphatic heterocycles. The van der Waals surface area contributed by atoms with E-state index in [0.29, 0.717) is 23.4 Å². The molecule has 9 heteroatoms. The summed E-state index contributed by atoms with van der Waals surface area (Å²) in [6.07, 6.45) is 13.0. The Morgan fingerprint density at radius 3 is 2.22 bits per heavy atom. The highest BCUT2D eigenvalue weighted by atomic mass is 16.2. The lowest BCUT2D eigenvalue weighted by Crippen LogP contribution is -2.58. The molecule has 0 saturated carbocycles. The zero-order valence-electron chi connectivity index (χ0n) is 35.0. The topological polar surface area (TPSA) is 97.3 Å². The molecule has 55 heavy (non-hydrogen) atoms. The molecular weight excluding hydrogens is 685 g/mol. The molecule has 9 nitrogen and oxygen atoms in total. The molecule has 2 aliphatic rings. The summed E-state index contributed by atoms with van der Waals surface area (Å²) >= 11 is 0. The molecule has 1 aliphatic carbocycles. The first kappa shape index (κ1) is 43.4. The molecule has 4 rings (SSSR count). The van der Waals surface area contributed by atoms with Gasteiger partial charge in [0.05, 0.1) is 11.7 Å². The molecule has 2 atom stereocenters. The number of ketones is 1. The number of nitrogens with one attached hydrogen (secondary N) is 2. The number of amides is 2. The normalized spacial score (nSPS) is 17.8. The molecule has 0 spiro atoms. The zero-order chi connectivity index (χ0) is 40.1. The number of aliphatic imine (C=N–C) groups is 1. The lowest BCUT2D eigenvalue weighted by Gasteiger charge is -2.42. The maximum absolute atomic E-state index is 14.3. The Bertz CT molecular complexity index is 1740. The third-order valence-electron chi connectivity index (χ3n) is 10.8. The molecule has 1 saturated heterocycles. The quantitative estimate of drug-likeness (QED) is 0.102. The molecule has 2 unspecified atom stereocenters. The Hall–Kier alpha value is -4.34. The second-order valence-corrected chi connectivity index (χ2v) is 15.9. The van der Waals surface area contributed by atoms with Gasteiger partial charge in [0.15, 0.2) is 11.6 Å². The Balaban J connectivity index is 1.52. The zero-order valence-corrected chi connectivity index (χ0v) is 35.0. The first-order valence-electron chi connectivity index (χ1n) is 20.5. The molecule has 0 bridgehead atoms. The Labute approximate surface area is 331 Å². The maximum Gasteiger partial charge on any atom is 0.255 e. The fourth-order valence-corrected chi connectivity index (χ4v) is 7.37. The molecule has 1 fully saturated rings. The fraction of sp³-hybridized carbons (Fsp3) is 0.522. The van der Waals surface area contributed by atoms with Crippen molar-refractivity contribution in [2.45, 2.75) is 106 Å². The SMILES string of the molecule is C/C=C(\N=C(NC1=CCC(C(C(=O)N(CCC)CCCCC)N2CCN(CC)CC2)C=C1)C(C)=O)c1cccc(NC(=O)c2ccc(C(C)(C)C)cc2)c1C. The second-order valence-electron chi connectivity index (χ2n) is 15.9. The second kappa shape index (κ2) is 20.5. The van der Waals surface area contributed by atoms with Crippen molar-refractivity contribution < 1.29 is 14.4 Å². The number of carbonyl (C=O) groups is 3. The van der Waals surface area contributed by atoms with Gasteiger partial charge in [0, 0.05) is 74.6 Å². The van der Waals surface area contributed by atoms with Crippen LogP contribution in [-0.2, 0) is 15.0 Å². The van der Waals surface area contributed by atoms with E-state index in [4.69, 9.17) is 4.99 Å². The summed E-state index contributed by atoms with van der Waals surface area (Å²) in [5.41, 5.74) is 5.50. The molecule has 0 radical (unpaired) electrons. The van der Waals surface area contributed by atoms with Crippen molar-refractivity contribution in [3.8, 4) is 0 Å². The van der Waals surface area contributed by atoms with E-state index < -0.39 is 0 Å². The highest BCUT2D eigenvalue weighted by Gasteiger charge is 2.37. The number of hydrogen-bond acceptors (Lipinski definition) is 6. The van der Waals surface area contributed by atoms with Crippen molar-refractivity contribution in [3.63, 3.8) is 0 Å². The number of Topliss-reactive ketones (excluding diaryl/α,β-unsaturated/α-hetero) is 1. The van der Waals surface area contributed by atoms with Crippen LogP contribution in [0.25, 0.3) is 5.70 Å². The molecule has 2 aromatic rings. The number of allylic oxidation sites excluding steroid dienone is 3. The predicted molar refractivity (Wildman–Crippen MR) is 228 cm³/mol. The number of amidine groups is 1. The van der Waals surface area contributed by atoms with Gasteiger partial charge in [0.1, 0.15) is 0 Å². The molecule has 298 valence electrons. The van der Waals surface area contributed by atoms with Crippen LogP contribution in [0.2, 0.25) is 0 Å². The van der Waals surface area contributed by atoms with E-state index in [1.807, 2.05) is 68.5 Å². The van der Waals surface area contributed by atoms with Crippen molar-refractivity contribution in [1.82, 2.24) is 20.0 Å². The fourth-order valence-electron chi connectivity index (χ4n) is 7.37. The maximum atomic E-state index is 14.3. The van der Waals surface area contributed by atoms with E-state index in [9.17, 15) is 14.4 Å². The summed E-state index contributed by atoms with van der Waals surface area (Å²) in [7, 11) is 0. The van der Waals surface area contributed by atoms with Gasteiger partial charge in [-0.05, 0) is 80.5 Å². The number of anilines is 1. The van der Waals surface area contributed by atoms with Gasteiger partial charge in [0.2, 0.25) is 5.91 Å². The minimum Gasteiger partial charge on any atom is -0.341 e. The van der Waals surface area contributed by atoms with Crippen molar-refractivity contribution in [2.75, 3.05) is 51.1 Å². The Morgan fingerprint density at radius 1 is 0.945 bits per heavy atom. The molecular formula is C46H66N6O3. The summed E-state index contributed by atoms with van der Waals surface area (Å²) in [6.45, 7) is 24.6. The Morgan fingerprint density at radius 2 is 1.65 bits per heavy atom. The van der Waals surface area contributed by atoms with Crippen LogP contribution in [0.1, 0.15) is 115 Å². The van der Waals surface area contributed by atoms with E-state index in [1.54, 1.807) is 0 Å². The summed E-state index contributed by atoms with van der Waals surface area (Å²) in [5, 5.41) is 6.37. The number of piperazine rings is 1. The van der Waals surface area contributed by atoms with Gasteiger partial charge >= 0.3 is 0 Å². The number of hydrogen-bond donors (Lipinski definition) is 2. The average molecular weight is 751 g/mol. The number of carbonyl (C=O) groups excluding carboxylic acids is 3. The number of rotatable bonds is 16. The standard InChI is InChI=1S/C46H66N6O3/c1-10-14-15-28-52(27-11-2)45(55)42(51-31-29-50(13-4)30-32-51)35-21-25-38(26-22-35)47-43(34(6)53)48-40(12-3)39-17-16-18-41(33(39)5)49-44(54)36-19-23-37(24-20-36)46(7,8)9/h12,16-21,23-26,35,42H,10-11,13-15,22,27-32H2,1-9H3,(H,47,48)(H,49,54)/b40-12-. The van der Waals surface area contributed by atoms with Gasteiger partial charge in [-0.2, -0.15) is 0 Å². The Kier molecular flexibility index (Phi) is 16.2. The van der Waals surface area contributed by atoms with E-state index >= 15 is 0 Å². The van der Waals surface area contributed by atoms with Crippen molar-refractivity contribution in [2.24, 2.45) is 10.9 Å². The van der Waals surface area contributed by atoms with Gasteiger partial charge in [-0.3, -0.25) is 19.3 Å². The third kappa shape index (κ3) is 11.8. The van der Waals surface area contributed by atoms with Gasteiger partial charge in [0.25, 0.3) is 5.91 Å². The number of nitrogens with zero attached hydrogens (tertiary/aromatic N) is 4. The van der Waals surface area contributed by atoms with E-state index in [2.05, 4.69) is 79.0 Å². The predicted octanol–water partition coefficient (Wildman–Crippen LogP) is 8.38. The van der Waals surface area contributed by atoms with Crippen LogP contribution in [0.4, 0.5) is 5.69 Å².